The first-order valence-corrected chi connectivity index (χ1v) is 5.26. The van der Waals surface area contributed by atoms with E-state index >= 15 is 0 Å². The van der Waals surface area contributed by atoms with E-state index in [1.54, 1.807) is 4.68 Å². The van der Waals surface area contributed by atoms with Crippen LogP contribution in [0.15, 0.2) is 6.33 Å². The molecule has 7 heteroatoms. The Kier molecular flexibility index (Phi) is 2.17. The minimum Gasteiger partial charge on any atom is -0.382 e. The van der Waals surface area contributed by atoms with Gasteiger partial charge in [0, 0.05) is 6.61 Å². The topological polar surface area (TPSA) is 91.7 Å². The molecule has 2 aromatic rings. The van der Waals surface area contributed by atoms with Crippen molar-refractivity contribution in [3.05, 3.63) is 6.33 Å². The first-order valence-electron chi connectivity index (χ1n) is 5.26. The summed E-state index contributed by atoms with van der Waals surface area (Å²) in [5.74, 6) is 0.364. The number of hydrogen-bond acceptors (Lipinski definition) is 6. The zero-order valence-corrected chi connectivity index (χ0v) is 8.70. The molecule has 1 fully saturated rings. The van der Waals surface area contributed by atoms with Gasteiger partial charge in [0.25, 0.3) is 0 Å². The Labute approximate surface area is 91.6 Å². The largest absolute Gasteiger partial charge is 0.382 e. The Morgan fingerprint density at radius 3 is 3.25 bits per heavy atom. The van der Waals surface area contributed by atoms with Crippen LogP contribution in [0.5, 0.6) is 0 Å². The van der Waals surface area contributed by atoms with Gasteiger partial charge in [-0.2, -0.15) is 0 Å². The Hall–Kier alpha value is -1.76. The zero-order valence-electron chi connectivity index (χ0n) is 8.70. The van der Waals surface area contributed by atoms with Gasteiger partial charge in [-0.25, -0.2) is 14.6 Å². The van der Waals surface area contributed by atoms with Crippen molar-refractivity contribution in [2.45, 2.75) is 25.5 Å². The molecule has 2 N–H and O–H groups in total. The Bertz CT molecular complexity index is 504. The molecule has 0 aromatic carbocycles. The molecule has 16 heavy (non-hydrogen) atoms. The van der Waals surface area contributed by atoms with Crippen molar-refractivity contribution in [1.29, 1.82) is 0 Å². The van der Waals surface area contributed by atoms with Gasteiger partial charge in [-0.1, -0.05) is 5.21 Å². The van der Waals surface area contributed by atoms with E-state index in [0.717, 1.165) is 19.4 Å². The zero-order chi connectivity index (χ0) is 11.0. The summed E-state index contributed by atoms with van der Waals surface area (Å²) in [5.41, 5.74) is 6.90. The minimum absolute atomic E-state index is 0.209. The van der Waals surface area contributed by atoms with Crippen molar-refractivity contribution in [3.63, 3.8) is 0 Å². The Morgan fingerprint density at radius 1 is 1.50 bits per heavy atom. The molecule has 0 amide bonds. The smallest absolute Gasteiger partial charge is 0.183 e. The van der Waals surface area contributed by atoms with Crippen molar-refractivity contribution in [2.75, 3.05) is 12.3 Å². The average molecular weight is 220 g/mol. The number of nitrogen functional groups attached to an aromatic ring is 1. The number of nitrogens with two attached hydrogens (primary N) is 1. The predicted molar refractivity (Wildman–Crippen MR) is 56.5 cm³/mol. The van der Waals surface area contributed by atoms with Crippen LogP contribution in [-0.4, -0.2) is 37.7 Å². The molecule has 1 aliphatic heterocycles. The summed E-state index contributed by atoms with van der Waals surface area (Å²) in [6.45, 7) is 1.50. The predicted octanol–water partition coefficient (Wildman–Crippen LogP) is -0.0175. The van der Waals surface area contributed by atoms with E-state index in [1.165, 1.54) is 6.33 Å². The van der Waals surface area contributed by atoms with E-state index in [0.29, 0.717) is 23.5 Å². The molecule has 0 bridgehead atoms. The minimum atomic E-state index is 0.209. The lowest BCUT2D eigenvalue weighted by molar-refractivity contribution is 0.0944. The quantitative estimate of drug-likeness (QED) is 0.764. The molecule has 1 saturated heterocycles. The third-order valence-corrected chi connectivity index (χ3v) is 2.73. The first kappa shape index (κ1) is 9.46. The fourth-order valence-corrected chi connectivity index (χ4v) is 1.91. The highest BCUT2D eigenvalue weighted by Crippen LogP contribution is 2.17. The normalized spacial score (nSPS) is 20.6. The van der Waals surface area contributed by atoms with Crippen LogP contribution in [0.3, 0.4) is 0 Å². The summed E-state index contributed by atoms with van der Waals surface area (Å²) >= 11 is 0. The highest BCUT2D eigenvalue weighted by atomic mass is 16.5. The Morgan fingerprint density at radius 2 is 2.44 bits per heavy atom. The lowest BCUT2D eigenvalue weighted by atomic mass is 10.2. The van der Waals surface area contributed by atoms with Gasteiger partial charge in [0.15, 0.2) is 17.0 Å². The standard InChI is InChI=1S/C9H12N6O/c10-8-7-9(12-5-11-8)15(14-13-7)4-6-2-1-3-16-6/h5-6H,1-4H2,(H2,10,11,12). The van der Waals surface area contributed by atoms with E-state index in [2.05, 4.69) is 20.3 Å². The van der Waals surface area contributed by atoms with Crippen LogP contribution in [0.25, 0.3) is 11.2 Å². The van der Waals surface area contributed by atoms with Crippen LogP contribution in [0, 0.1) is 0 Å². The van der Waals surface area contributed by atoms with Crippen molar-refractivity contribution < 1.29 is 4.74 Å². The molecule has 84 valence electrons. The third kappa shape index (κ3) is 1.49. The molecule has 0 aliphatic carbocycles. The summed E-state index contributed by atoms with van der Waals surface area (Å²) in [5, 5.41) is 7.99. The van der Waals surface area contributed by atoms with E-state index in [1.807, 2.05) is 0 Å². The van der Waals surface area contributed by atoms with Crippen LogP contribution in [-0.2, 0) is 11.3 Å². The average Bonchev–Trinajstić information content (AvgIpc) is 2.90. The summed E-state index contributed by atoms with van der Waals surface area (Å²) in [7, 11) is 0. The molecular weight excluding hydrogens is 208 g/mol. The van der Waals surface area contributed by atoms with Crippen molar-refractivity contribution in [2.24, 2.45) is 0 Å². The number of nitrogens with zero attached hydrogens (tertiary/aromatic N) is 5. The van der Waals surface area contributed by atoms with Gasteiger partial charge >= 0.3 is 0 Å². The van der Waals surface area contributed by atoms with Gasteiger partial charge in [0.05, 0.1) is 12.6 Å². The maximum absolute atomic E-state index is 5.68. The van der Waals surface area contributed by atoms with Crippen LogP contribution >= 0.6 is 0 Å². The molecule has 1 unspecified atom stereocenters. The van der Waals surface area contributed by atoms with Crippen LogP contribution in [0.4, 0.5) is 5.82 Å². The van der Waals surface area contributed by atoms with Gasteiger partial charge in [0.1, 0.15) is 6.33 Å². The fraction of sp³-hybridized carbons (Fsp3) is 0.556. The van der Waals surface area contributed by atoms with E-state index < -0.39 is 0 Å². The highest BCUT2D eigenvalue weighted by Gasteiger charge is 2.18. The lowest BCUT2D eigenvalue weighted by Gasteiger charge is -2.08. The molecule has 7 nitrogen and oxygen atoms in total. The number of aromatic nitrogens is 5. The molecule has 1 atom stereocenters. The van der Waals surface area contributed by atoms with E-state index in [-0.39, 0.29) is 6.10 Å². The van der Waals surface area contributed by atoms with Gasteiger partial charge in [0.2, 0.25) is 0 Å². The highest BCUT2D eigenvalue weighted by molar-refractivity contribution is 5.80. The number of hydrogen-bond donors (Lipinski definition) is 1. The second kappa shape index (κ2) is 3.67. The maximum atomic E-state index is 5.68. The summed E-state index contributed by atoms with van der Waals surface area (Å²) < 4.78 is 7.27. The number of fused-ring (bicyclic) bond motifs is 1. The van der Waals surface area contributed by atoms with Gasteiger partial charge in [-0.05, 0) is 12.8 Å². The first-order chi connectivity index (χ1) is 7.84. The second-order valence-corrected chi connectivity index (χ2v) is 3.84. The van der Waals surface area contributed by atoms with Crippen LogP contribution in [0.1, 0.15) is 12.8 Å². The molecule has 2 aromatic heterocycles. The maximum Gasteiger partial charge on any atom is 0.183 e. The van der Waals surface area contributed by atoms with Crippen molar-refractivity contribution >= 4 is 17.0 Å². The second-order valence-electron chi connectivity index (χ2n) is 3.84. The summed E-state index contributed by atoms with van der Waals surface area (Å²) in [4.78, 5) is 8.01. The lowest BCUT2D eigenvalue weighted by Crippen LogP contribution is -2.16. The SMILES string of the molecule is Nc1ncnc2c1nnn2CC1CCCO1. The van der Waals surface area contributed by atoms with Gasteiger partial charge < -0.3 is 10.5 Å². The van der Waals surface area contributed by atoms with Crippen molar-refractivity contribution in [3.8, 4) is 0 Å². The third-order valence-electron chi connectivity index (χ3n) is 2.73. The molecule has 1 aliphatic rings. The summed E-state index contributed by atoms with van der Waals surface area (Å²) in [6.07, 6.45) is 3.80. The molecule has 0 radical (unpaired) electrons. The van der Waals surface area contributed by atoms with Gasteiger partial charge in [-0.15, -0.1) is 5.10 Å². The van der Waals surface area contributed by atoms with Crippen molar-refractivity contribution in [1.82, 2.24) is 25.0 Å². The number of ether oxygens (including phenoxy) is 1. The molecule has 3 rings (SSSR count). The van der Waals surface area contributed by atoms with E-state index in [4.69, 9.17) is 10.5 Å². The Balaban J connectivity index is 1.94. The molecule has 3 heterocycles. The fourth-order valence-electron chi connectivity index (χ4n) is 1.91. The van der Waals surface area contributed by atoms with E-state index in [9.17, 15) is 0 Å². The van der Waals surface area contributed by atoms with Gasteiger partial charge in [-0.3, -0.25) is 0 Å². The van der Waals surface area contributed by atoms with Crippen LogP contribution in [0.2, 0.25) is 0 Å². The monoisotopic (exact) mass is 220 g/mol. The molecule has 0 saturated carbocycles. The number of rotatable bonds is 2. The molecular formula is C9H12N6O. The van der Waals surface area contributed by atoms with Crippen LogP contribution < -0.4 is 5.73 Å². The number of anilines is 1. The molecule has 0 spiro atoms. The summed E-state index contributed by atoms with van der Waals surface area (Å²) in [6, 6.07) is 0.